The first-order valence-electron chi connectivity index (χ1n) is 30.1. The quantitative estimate of drug-likeness (QED) is 0.233. The fraction of sp³-hybridized carbons (Fsp3) is 0.915. The molecule has 0 aromatic carbocycles. The zero-order valence-corrected chi connectivity index (χ0v) is 46.1. The molecule has 15 heterocycles. The molecule has 0 unspecified atom stereocenters. The van der Waals surface area contributed by atoms with Crippen molar-refractivity contribution in [1.82, 2.24) is 0 Å². The van der Waals surface area contributed by atoms with Crippen LogP contribution in [0.1, 0.15) is 143 Å². The van der Waals surface area contributed by atoms with Gasteiger partial charge in [0.15, 0.2) is 11.6 Å². The molecule has 2 spiro atoms. The molecule has 18 heteroatoms. The summed E-state index contributed by atoms with van der Waals surface area (Å²) in [6.45, 7) is 18.1. The Hall–Kier alpha value is -1.69. The summed E-state index contributed by atoms with van der Waals surface area (Å²) in [5, 5.41) is 22.5. The number of methoxy groups -OCH3 is 1. The molecule has 0 amide bonds. The Labute approximate surface area is 454 Å². The van der Waals surface area contributed by atoms with Gasteiger partial charge >= 0.3 is 5.97 Å². The van der Waals surface area contributed by atoms with Gasteiger partial charge < -0.3 is 82.3 Å². The first-order valence-corrected chi connectivity index (χ1v) is 30.1. The summed E-state index contributed by atoms with van der Waals surface area (Å²) < 4.78 is 94.8. The first-order chi connectivity index (χ1) is 37.0. The predicted octanol–water partition coefficient (Wildman–Crippen LogP) is 5.41. The van der Waals surface area contributed by atoms with E-state index < -0.39 is 54.3 Å². The van der Waals surface area contributed by atoms with E-state index in [1.807, 2.05) is 0 Å². The van der Waals surface area contributed by atoms with Crippen LogP contribution in [0.2, 0.25) is 0 Å². The minimum Gasteiger partial charge on any atom is -0.459 e. The molecule has 15 aliphatic heterocycles. The molecule has 10 bridgehead atoms. The number of hydrogen-bond acceptors (Lipinski definition) is 18. The van der Waals surface area contributed by atoms with E-state index in [-0.39, 0.29) is 146 Å². The Bertz CT molecular complexity index is 2170. The van der Waals surface area contributed by atoms with Crippen LogP contribution in [0.15, 0.2) is 24.3 Å². The highest BCUT2D eigenvalue weighted by Crippen LogP contribution is 2.56. The SMILES string of the molecule is C=C1C[C@@H]2CC[C@@H]3C[C@@H](OC)[C@H](O3)[C@H]3C[C@@H](O)[C@H]4O[C@H](CC[C@@H]4O3)CC(=O)O[C@@H]3[C@@H](C)[C@@H]4O[C@@H]5C[C@]6(C[C@@H]7O[C@]8(C[C@H](C)[C@@H]9O[C@H](CN)[C@H](O)C[C@@H]9O8)C[C@H](C)[C@@H]7O6)O[C@@H]5C[C@@H]4O[C@H]3C[C@H]3O[C@@H](CC[C@@H]1O2)C[C@@H](C)C3=C. The number of hydrogen-bond donors (Lipinski definition) is 3. The molecule has 0 radical (unpaired) electrons. The maximum absolute atomic E-state index is 14.4. The summed E-state index contributed by atoms with van der Waals surface area (Å²) >= 11 is 0. The van der Waals surface area contributed by atoms with E-state index in [1.54, 1.807) is 7.11 Å². The Morgan fingerprint density at radius 2 is 1.17 bits per heavy atom. The molecule has 0 saturated carbocycles. The smallest absolute Gasteiger partial charge is 0.308 e. The van der Waals surface area contributed by atoms with Crippen LogP contribution in [0.25, 0.3) is 0 Å². The number of esters is 1. The Balaban J connectivity index is 0.716. The largest absolute Gasteiger partial charge is 0.459 e. The molecule has 0 aromatic rings. The second-order valence-electron chi connectivity index (χ2n) is 26.4. The molecule has 0 aromatic heterocycles. The van der Waals surface area contributed by atoms with Gasteiger partial charge in [-0.1, -0.05) is 40.9 Å². The summed E-state index contributed by atoms with van der Waals surface area (Å²) in [5.41, 5.74) is 8.10. The molecule has 432 valence electrons. The third kappa shape index (κ3) is 10.4. The van der Waals surface area contributed by atoms with Gasteiger partial charge in [0.05, 0.1) is 135 Å². The topological polar surface area (TPSA) is 213 Å². The Morgan fingerprint density at radius 3 is 1.99 bits per heavy atom. The van der Waals surface area contributed by atoms with Gasteiger partial charge in [0.2, 0.25) is 0 Å². The highest BCUT2D eigenvalue weighted by atomic mass is 16.8. The summed E-state index contributed by atoms with van der Waals surface area (Å²) in [6, 6.07) is 0. The van der Waals surface area contributed by atoms with Crippen molar-refractivity contribution < 1.29 is 81.3 Å². The number of nitrogens with two attached hydrogens (primary N) is 1. The lowest BCUT2D eigenvalue weighted by Gasteiger charge is -2.54. The second-order valence-corrected chi connectivity index (χ2v) is 26.4. The monoisotopic (exact) mass is 1080 g/mol. The minimum absolute atomic E-state index is 0.00263. The van der Waals surface area contributed by atoms with Crippen LogP contribution in [-0.2, 0) is 71.1 Å². The van der Waals surface area contributed by atoms with E-state index in [0.29, 0.717) is 64.2 Å². The zero-order valence-electron chi connectivity index (χ0n) is 46.1. The van der Waals surface area contributed by atoms with Crippen molar-refractivity contribution in [2.45, 2.75) is 301 Å². The number of rotatable bonds is 2. The fourth-order valence-corrected chi connectivity index (χ4v) is 17.1. The molecule has 4 N–H and O–H groups in total. The number of fused-ring (bicyclic) bond motifs is 6. The number of aliphatic hydroxyl groups is 2. The van der Waals surface area contributed by atoms with Crippen molar-refractivity contribution in [3.05, 3.63) is 24.3 Å². The number of carbonyl (C=O) groups is 1. The third-order valence-electron chi connectivity index (χ3n) is 21.0. The van der Waals surface area contributed by atoms with Crippen LogP contribution in [0.4, 0.5) is 0 Å². The molecular weight excluding hydrogens is 995 g/mol. The molecule has 18 nitrogen and oxygen atoms in total. The number of carbonyl (C=O) groups excluding carboxylic acids is 1. The van der Waals surface area contributed by atoms with Crippen LogP contribution in [0.5, 0.6) is 0 Å². The summed E-state index contributed by atoms with van der Waals surface area (Å²) in [6.07, 6.45) is 3.60. The fourth-order valence-electron chi connectivity index (χ4n) is 17.1. The van der Waals surface area contributed by atoms with E-state index in [2.05, 4.69) is 40.9 Å². The summed E-state index contributed by atoms with van der Waals surface area (Å²) in [4.78, 5) is 14.4. The molecule has 15 aliphatic rings. The Kier molecular flexibility index (Phi) is 15.2. The van der Waals surface area contributed by atoms with E-state index in [4.69, 9.17) is 72.0 Å². The summed E-state index contributed by atoms with van der Waals surface area (Å²) in [7, 11) is 1.72. The van der Waals surface area contributed by atoms with Crippen molar-refractivity contribution in [3.8, 4) is 0 Å². The van der Waals surface area contributed by atoms with Crippen LogP contribution in [0.3, 0.4) is 0 Å². The predicted molar refractivity (Wildman–Crippen MR) is 274 cm³/mol. The van der Waals surface area contributed by atoms with Gasteiger partial charge in [-0.05, 0) is 80.3 Å². The van der Waals surface area contributed by atoms with Crippen LogP contribution < -0.4 is 5.73 Å². The molecule has 15 fully saturated rings. The highest BCUT2D eigenvalue weighted by Gasteiger charge is 2.65. The molecule has 30 atom stereocenters. The Morgan fingerprint density at radius 1 is 0.532 bits per heavy atom. The van der Waals surface area contributed by atoms with Crippen molar-refractivity contribution >= 4 is 5.97 Å². The van der Waals surface area contributed by atoms with Crippen molar-refractivity contribution in [1.29, 1.82) is 0 Å². The van der Waals surface area contributed by atoms with Crippen LogP contribution in [-0.4, -0.2) is 188 Å². The van der Waals surface area contributed by atoms with Crippen molar-refractivity contribution in [3.63, 3.8) is 0 Å². The molecule has 15 saturated heterocycles. The lowest BCUT2D eigenvalue weighted by molar-refractivity contribution is -0.370. The lowest BCUT2D eigenvalue weighted by Crippen LogP contribution is -2.63. The van der Waals surface area contributed by atoms with Gasteiger partial charge in [-0.2, -0.15) is 0 Å². The number of ether oxygens (including phenoxy) is 14. The number of aliphatic hydroxyl groups excluding tert-OH is 2. The summed E-state index contributed by atoms with van der Waals surface area (Å²) in [5.74, 6) is -1.86. The van der Waals surface area contributed by atoms with Gasteiger partial charge in [0.1, 0.15) is 18.3 Å². The van der Waals surface area contributed by atoms with Crippen LogP contribution >= 0.6 is 0 Å². The van der Waals surface area contributed by atoms with Gasteiger partial charge in [-0.15, -0.1) is 0 Å². The zero-order chi connectivity index (χ0) is 53.2. The maximum Gasteiger partial charge on any atom is 0.308 e. The van der Waals surface area contributed by atoms with Crippen LogP contribution in [0, 0.1) is 23.7 Å². The van der Waals surface area contributed by atoms with Gasteiger partial charge in [0.25, 0.3) is 0 Å². The van der Waals surface area contributed by atoms with Crippen molar-refractivity contribution in [2.24, 2.45) is 29.4 Å². The van der Waals surface area contributed by atoms with Gasteiger partial charge in [-0.3, -0.25) is 4.79 Å². The third-order valence-corrected chi connectivity index (χ3v) is 21.0. The average molecular weight is 1080 g/mol. The first kappa shape index (κ1) is 54.6. The molecule has 77 heavy (non-hydrogen) atoms. The van der Waals surface area contributed by atoms with Crippen molar-refractivity contribution in [2.75, 3.05) is 13.7 Å². The molecule has 15 rings (SSSR count). The van der Waals surface area contributed by atoms with Gasteiger partial charge in [0, 0.05) is 77.4 Å². The normalized spacial score (nSPS) is 55.9. The standard InChI is InChI=1S/C59H89NO17/c1-27-14-34-10-12-39-28(2)15-33(65-39)8-9-35-16-43(64-7)57(68-35)44-19-38(62)56-40(69-44)13-11-36(67-56)17-51(63)73-55-32(6)54-46(70-45(55)20-41(66-34)31(27)5)21-42-48(71-54)24-59(74-42)25-49-53(77-59)30(4)23-58(76-49)22-29(3)52-47(75-58)18-37(61)50(26-60)72-52/h27,29-30,32-50,52-57,61-62H,2,5,8-26,60H2,1,3-4,6-7H3/t27-,29+,30+,32+,33+,34+,35-,36-,37-,38-,39+,40+,41-,42-,43-,44-,45+,46+,47+,48-,49+,50-,52+,53+,54+,55-,56-,57+,58-,59+/m1/s1. The van der Waals surface area contributed by atoms with E-state index in [0.717, 1.165) is 56.1 Å². The second kappa shape index (κ2) is 21.5. The van der Waals surface area contributed by atoms with Gasteiger partial charge in [-0.25, -0.2) is 0 Å². The highest BCUT2D eigenvalue weighted by molar-refractivity contribution is 5.70. The lowest BCUT2D eigenvalue weighted by atomic mass is 9.78. The average Bonchev–Trinajstić information content (AvgIpc) is 4.40. The van der Waals surface area contributed by atoms with E-state index >= 15 is 0 Å². The maximum atomic E-state index is 14.4. The molecule has 0 aliphatic carbocycles. The van der Waals surface area contributed by atoms with E-state index in [1.165, 1.54) is 0 Å². The minimum atomic E-state index is -0.907. The molecular formula is C59H89NO17. The van der Waals surface area contributed by atoms with E-state index in [9.17, 15) is 15.0 Å².